The van der Waals surface area contributed by atoms with Crippen LogP contribution in [0.5, 0.6) is 0 Å². The van der Waals surface area contributed by atoms with Gasteiger partial charge in [-0.1, -0.05) is 13.3 Å². The van der Waals surface area contributed by atoms with Gasteiger partial charge in [0.15, 0.2) is 0 Å². The maximum absolute atomic E-state index is 11.8. The molecule has 2 unspecified atom stereocenters. The number of carbonyl (C=O) groups excluding carboxylic acids is 1. The van der Waals surface area contributed by atoms with Gasteiger partial charge < -0.3 is 15.7 Å². The Bertz CT molecular complexity index is 203. The lowest BCUT2D eigenvalue weighted by Crippen LogP contribution is -2.50. The van der Waals surface area contributed by atoms with Gasteiger partial charge in [-0.3, -0.25) is 4.79 Å². The predicted molar refractivity (Wildman–Crippen MR) is 59.5 cm³/mol. The van der Waals surface area contributed by atoms with Crippen molar-refractivity contribution in [1.82, 2.24) is 10.6 Å². The van der Waals surface area contributed by atoms with Crippen LogP contribution < -0.4 is 10.6 Å². The molecule has 0 aromatic rings. The van der Waals surface area contributed by atoms with E-state index >= 15 is 0 Å². The van der Waals surface area contributed by atoms with Gasteiger partial charge in [0.2, 0.25) is 5.91 Å². The number of rotatable bonds is 4. The molecule has 4 heteroatoms. The first-order valence-electron chi connectivity index (χ1n) is 5.79. The summed E-state index contributed by atoms with van der Waals surface area (Å²) in [7, 11) is 0. The fraction of sp³-hybridized carbons (Fsp3) is 0.909. The first-order chi connectivity index (χ1) is 7.15. The Hall–Kier alpha value is -0.610. The van der Waals surface area contributed by atoms with Gasteiger partial charge in [0.25, 0.3) is 0 Å². The molecule has 1 heterocycles. The molecule has 88 valence electrons. The van der Waals surface area contributed by atoms with E-state index in [0.717, 1.165) is 25.8 Å². The standard InChI is InChI=1S/C11H22N2O2/c1-8(7-14)9(2)13-11(15)10-5-3-4-6-12-10/h8-10,12,14H,3-7H2,1-2H3,(H,13,15)/t8?,9?,10-/m0/s1. The second-order valence-electron chi connectivity index (χ2n) is 4.46. The normalized spacial score (nSPS) is 25.7. The van der Waals surface area contributed by atoms with Gasteiger partial charge in [-0.2, -0.15) is 0 Å². The van der Waals surface area contributed by atoms with Crippen LogP contribution in [-0.4, -0.2) is 36.2 Å². The molecule has 1 fully saturated rings. The van der Waals surface area contributed by atoms with Gasteiger partial charge in [-0.15, -0.1) is 0 Å². The first-order valence-corrected chi connectivity index (χ1v) is 5.79. The highest BCUT2D eigenvalue weighted by molar-refractivity contribution is 5.82. The van der Waals surface area contributed by atoms with E-state index in [9.17, 15) is 4.79 Å². The number of hydrogen-bond acceptors (Lipinski definition) is 3. The number of amides is 1. The Morgan fingerprint density at radius 1 is 1.53 bits per heavy atom. The third-order valence-electron chi connectivity index (χ3n) is 3.14. The minimum atomic E-state index is -0.0351. The highest BCUT2D eigenvalue weighted by Gasteiger charge is 2.22. The highest BCUT2D eigenvalue weighted by atomic mass is 16.3. The van der Waals surface area contributed by atoms with Gasteiger partial charge in [-0.25, -0.2) is 0 Å². The molecular weight excluding hydrogens is 192 g/mol. The molecule has 1 amide bonds. The Morgan fingerprint density at radius 3 is 2.80 bits per heavy atom. The molecule has 3 atom stereocenters. The van der Waals surface area contributed by atoms with Crippen molar-refractivity contribution in [2.75, 3.05) is 13.2 Å². The zero-order valence-corrected chi connectivity index (χ0v) is 9.62. The number of piperidine rings is 1. The number of nitrogens with one attached hydrogen (secondary N) is 2. The van der Waals surface area contributed by atoms with Crippen LogP contribution in [0.2, 0.25) is 0 Å². The molecule has 1 aliphatic heterocycles. The molecule has 0 aliphatic carbocycles. The fourth-order valence-electron chi connectivity index (χ4n) is 1.70. The van der Waals surface area contributed by atoms with E-state index in [1.165, 1.54) is 0 Å². The van der Waals surface area contributed by atoms with E-state index < -0.39 is 0 Å². The molecule has 0 radical (unpaired) electrons. The number of hydrogen-bond donors (Lipinski definition) is 3. The smallest absolute Gasteiger partial charge is 0.237 e. The topological polar surface area (TPSA) is 61.4 Å². The summed E-state index contributed by atoms with van der Waals surface area (Å²) in [6.07, 6.45) is 3.20. The quantitative estimate of drug-likeness (QED) is 0.629. The molecule has 0 aromatic heterocycles. The minimum absolute atomic E-state index is 0.0335. The van der Waals surface area contributed by atoms with Crippen LogP contribution in [0.3, 0.4) is 0 Å². The minimum Gasteiger partial charge on any atom is -0.396 e. The van der Waals surface area contributed by atoms with Crippen molar-refractivity contribution in [3.05, 3.63) is 0 Å². The maximum atomic E-state index is 11.8. The number of aliphatic hydroxyl groups excluding tert-OH is 1. The Kier molecular flexibility index (Phi) is 5.05. The first kappa shape index (κ1) is 12.5. The van der Waals surface area contributed by atoms with Crippen LogP contribution in [0.15, 0.2) is 0 Å². The largest absolute Gasteiger partial charge is 0.396 e. The molecular formula is C11H22N2O2. The SMILES string of the molecule is CC(CO)C(C)NC(=O)[C@@H]1CCCCN1. The molecule has 3 N–H and O–H groups in total. The van der Waals surface area contributed by atoms with Gasteiger partial charge in [0.05, 0.1) is 6.04 Å². The summed E-state index contributed by atoms with van der Waals surface area (Å²) in [6.45, 7) is 4.91. The Balaban J connectivity index is 2.33. The Morgan fingerprint density at radius 2 is 2.27 bits per heavy atom. The molecule has 1 rings (SSSR count). The average molecular weight is 214 g/mol. The number of aliphatic hydroxyl groups is 1. The maximum Gasteiger partial charge on any atom is 0.237 e. The van der Waals surface area contributed by atoms with E-state index in [0.29, 0.717) is 0 Å². The van der Waals surface area contributed by atoms with Gasteiger partial charge in [0.1, 0.15) is 0 Å². The van der Waals surface area contributed by atoms with Crippen molar-refractivity contribution in [2.24, 2.45) is 5.92 Å². The molecule has 15 heavy (non-hydrogen) atoms. The third kappa shape index (κ3) is 3.80. The van der Waals surface area contributed by atoms with Crippen LogP contribution in [0, 0.1) is 5.92 Å². The molecule has 1 saturated heterocycles. The van der Waals surface area contributed by atoms with Crippen LogP contribution >= 0.6 is 0 Å². The van der Waals surface area contributed by atoms with E-state index in [1.54, 1.807) is 0 Å². The second-order valence-corrected chi connectivity index (χ2v) is 4.46. The van der Waals surface area contributed by atoms with Crippen molar-refractivity contribution in [2.45, 2.75) is 45.2 Å². The lowest BCUT2D eigenvalue weighted by molar-refractivity contribution is -0.124. The van der Waals surface area contributed by atoms with Crippen molar-refractivity contribution >= 4 is 5.91 Å². The van der Waals surface area contributed by atoms with E-state index in [4.69, 9.17) is 5.11 Å². The van der Waals surface area contributed by atoms with E-state index in [-0.39, 0.29) is 30.5 Å². The summed E-state index contributed by atoms with van der Waals surface area (Å²) < 4.78 is 0. The summed E-state index contributed by atoms with van der Waals surface area (Å²) in [5.74, 6) is 0.181. The second kappa shape index (κ2) is 6.08. The van der Waals surface area contributed by atoms with E-state index in [2.05, 4.69) is 10.6 Å². The third-order valence-corrected chi connectivity index (χ3v) is 3.14. The molecule has 4 nitrogen and oxygen atoms in total. The summed E-state index contributed by atoms with van der Waals surface area (Å²) in [5, 5.41) is 15.1. The van der Waals surface area contributed by atoms with Crippen molar-refractivity contribution in [3.63, 3.8) is 0 Å². The predicted octanol–water partition coefficient (Wildman–Crippen LogP) is 0.262. The summed E-state index contributed by atoms with van der Waals surface area (Å²) in [5.41, 5.74) is 0. The monoisotopic (exact) mass is 214 g/mol. The zero-order chi connectivity index (χ0) is 11.3. The van der Waals surface area contributed by atoms with Gasteiger partial charge in [0, 0.05) is 12.6 Å². The lowest BCUT2D eigenvalue weighted by Gasteiger charge is -2.26. The highest BCUT2D eigenvalue weighted by Crippen LogP contribution is 2.08. The zero-order valence-electron chi connectivity index (χ0n) is 9.62. The van der Waals surface area contributed by atoms with Crippen molar-refractivity contribution < 1.29 is 9.90 Å². The summed E-state index contributed by atoms with van der Waals surface area (Å²) >= 11 is 0. The Labute approximate surface area is 91.4 Å². The molecule has 0 bridgehead atoms. The molecule has 0 saturated carbocycles. The van der Waals surface area contributed by atoms with Crippen molar-refractivity contribution in [3.8, 4) is 0 Å². The summed E-state index contributed by atoms with van der Waals surface area (Å²) in [6, 6.07) is -0.00156. The van der Waals surface area contributed by atoms with Gasteiger partial charge >= 0.3 is 0 Å². The fourth-order valence-corrected chi connectivity index (χ4v) is 1.70. The van der Waals surface area contributed by atoms with Crippen molar-refractivity contribution in [1.29, 1.82) is 0 Å². The lowest BCUT2D eigenvalue weighted by atomic mass is 10.0. The average Bonchev–Trinajstić information content (AvgIpc) is 2.29. The van der Waals surface area contributed by atoms with Crippen LogP contribution in [-0.2, 0) is 4.79 Å². The molecule has 1 aliphatic rings. The molecule has 0 spiro atoms. The van der Waals surface area contributed by atoms with Crippen LogP contribution in [0.4, 0.5) is 0 Å². The van der Waals surface area contributed by atoms with Crippen LogP contribution in [0.1, 0.15) is 33.1 Å². The number of carbonyl (C=O) groups is 1. The summed E-state index contributed by atoms with van der Waals surface area (Å²) in [4.78, 5) is 11.8. The van der Waals surface area contributed by atoms with Gasteiger partial charge in [-0.05, 0) is 32.2 Å². The molecule has 0 aromatic carbocycles. The van der Waals surface area contributed by atoms with Crippen LogP contribution in [0.25, 0.3) is 0 Å². The van der Waals surface area contributed by atoms with E-state index in [1.807, 2.05) is 13.8 Å².